The SMILES string of the molecule is C#CCCCOc1cc(NC(=O)C2N=NN(c3cc(OC)ccc3OC)C2C)cc(C(C)(C)C)c1. The van der Waals surface area contributed by atoms with Crippen LogP contribution in [-0.4, -0.2) is 38.8 Å². The van der Waals surface area contributed by atoms with Crippen molar-refractivity contribution in [1.29, 1.82) is 0 Å². The number of carbonyl (C=O) groups excluding carboxylic acids is 1. The molecule has 0 fully saturated rings. The van der Waals surface area contributed by atoms with Crippen LogP contribution < -0.4 is 24.5 Å². The van der Waals surface area contributed by atoms with Crippen LogP contribution in [0.25, 0.3) is 0 Å². The lowest BCUT2D eigenvalue weighted by Gasteiger charge is -2.24. The predicted molar refractivity (Wildman–Crippen MR) is 137 cm³/mol. The highest BCUT2D eigenvalue weighted by Gasteiger charge is 2.37. The molecule has 0 bridgehead atoms. The first-order chi connectivity index (χ1) is 16.7. The van der Waals surface area contributed by atoms with E-state index < -0.39 is 6.04 Å². The third kappa shape index (κ3) is 6.24. The lowest BCUT2D eigenvalue weighted by atomic mass is 9.86. The van der Waals surface area contributed by atoms with E-state index >= 15 is 0 Å². The second-order valence-corrected chi connectivity index (χ2v) is 9.41. The van der Waals surface area contributed by atoms with Crippen molar-refractivity contribution in [2.45, 2.75) is 58.0 Å². The molecule has 1 aliphatic rings. The number of anilines is 2. The van der Waals surface area contributed by atoms with E-state index in [1.54, 1.807) is 31.4 Å². The molecule has 1 aliphatic heterocycles. The number of terminal acetylenes is 1. The molecule has 0 aliphatic carbocycles. The maximum atomic E-state index is 13.2. The van der Waals surface area contributed by atoms with Crippen molar-refractivity contribution < 1.29 is 19.0 Å². The maximum Gasteiger partial charge on any atom is 0.253 e. The fourth-order valence-corrected chi connectivity index (χ4v) is 3.71. The first-order valence-electron chi connectivity index (χ1n) is 11.6. The molecule has 2 atom stereocenters. The standard InChI is InChI=1S/C27H34N4O4/c1-8-9-10-13-35-22-15-19(27(3,4)5)14-20(16-22)28-26(32)25-18(2)31(30-29-25)23-17-21(33-6)11-12-24(23)34-7/h1,11-12,14-18,25H,9-10,13H2,2-7H3,(H,28,32). The van der Waals surface area contributed by atoms with E-state index in [1.807, 2.05) is 31.2 Å². The molecule has 8 nitrogen and oxygen atoms in total. The van der Waals surface area contributed by atoms with Gasteiger partial charge < -0.3 is 19.5 Å². The fourth-order valence-electron chi connectivity index (χ4n) is 3.71. The Hall–Kier alpha value is -3.73. The van der Waals surface area contributed by atoms with Gasteiger partial charge in [0.2, 0.25) is 0 Å². The van der Waals surface area contributed by atoms with E-state index in [0.717, 1.165) is 12.0 Å². The average molecular weight is 479 g/mol. The van der Waals surface area contributed by atoms with Crippen molar-refractivity contribution in [3.05, 3.63) is 42.0 Å². The summed E-state index contributed by atoms with van der Waals surface area (Å²) in [5, 5.41) is 13.2. The van der Waals surface area contributed by atoms with Crippen LogP contribution >= 0.6 is 0 Å². The Kier molecular flexibility index (Phi) is 8.23. The summed E-state index contributed by atoms with van der Waals surface area (Å²) < 4.78 is 16.7. The number of rotatable bonds is 9. The molecule has 8 heteroatoms. The van der Waals surface area contributed by atoms with E-state index in [-0.39, 0.29) is 17.4 Å². The van der Waals surface area contributed by atoms with E-state index in [4.69, 9.17) is 20.6 Å². The van der Waals surface area contributed by atoms with E-state index in [0.29, 0.717) is 41.7 Å². The monoisotopic (exact) mass is 478 g/mol. The number of ether oxygens (including phenoxy) is 3. The van der Waals surface area contributed by atoms with Crippen molar-refractivity contribution in [3.63, 3.8) is 0 Å². The van der Waals surface area contributed by atoms with Gasteiger partial charge in [0.15, 0.2) is 6.04 Å². The number of methoxy groups -OCH3 is 2. The molecular formula is C27H34N4O4. The normalized spacial score (nSPS) is 17.1. The zero-order chi connectivity index (χ0) is 25.6. The Morgan fingerprint density at radius 3 is 2.57 bits per heavy atom. The molecule has 186 valence electrons. The summed E-state index contributed by atoms with van der Waals surface area (Å²) in [6.07, 6.45) is 6.75. The van der Waals surface area contributed by atoms with Crippen molar-refractivity contribution in [2.24, 2.45) is 10.3 Å². The molecule has 2 aromatic carbocycles. The Morgan fingerprint density at radius 1 is 1.14 bits per heavy atom. The van der Waals surface area contributed by atoms with Gasteiger partial charge in [-0.05, 0) is 48.6 Å². The van der Waals surface area contributed by atoms with Crippen LogP contribution in [0.5, 0.6) is 17.2 Å². The fraction of sp³-hybridized carbons (Fsp3) is 0.444. The van der Waals surface area contributed by atoms with Crippen molar-refractivity contribution >= 4 is 17.3 Å². The first kappa shape index (κ1) is 25.9. The Labute approximate surface area is 207 Å². The molecule has 1 heterocycles. The molecular weight excluding hydrogens is 444 g/mol. The van der Waals surface area contributed by atoms with E-state index in [2.05, 4.69) is 42.3 Å². The number of benzene rings is 2. The summed E-state index contributed by atoms with van der Waals surface area (Å²) in [5.41, 5.74) is 2.24. The topological polar surface area (TPSA) is 84.8 Å². The number of amides is 1. The van der Waals surface area contributed by atoms with Gasteiger partial charge in [-0.15, -0.1) is 12.3 Å². The molecule has 0 saturated carbocycles. The van der Waals surface area contributed by atoms with Crippen LogP contribution in [0.3, 0.4) is 0 Å². The van der Waals surface area contributed by atoms with Gasteiger partial charge in [-0.2, -0.15) is 5.11 Å². The molecule has 1 N–H and O–H groups in total. The van der Waals surface area contributed by atoms with E-state index in [9.17, 15) is 4.79 Å². The number of hydrogen-bond donors (Lipinski definition) is 1. The molecule has 0 spiro atoms. The Balaban J connectivity index is 1.79. The van der Waals surface area contributed by atoms with Crippen LogP contribution in [0.1, 0.15) is 46.1 Å². The summed E-state index contributed by atoms with van der Waals surface area (Å²) in [4.78, 5) is 13.2. The van der Waals surface area contributed by atoms with Crippen LogP contribution in [-0.2, 0) is 10.2 Å². The van der Waals surface area contributed by atoms with Crippen LogP contribution in [0.15, 0.2) is 46.7 Å². The van der Waals surface area contributed by atoms with Gasteiger partial charge in [-0.1, -0.05) is 26.0 Å². The van der Waals surface area contributed by atoms with Gasteiger partial charge in [-0.3, -0.25) is 4.79 Å². The maximum absolute atomic E-state index is 13.2. The van der Waals surface area contributed by atoms with Crippen LogP contribution in [0, 0.1) is 12.3 Å². The molecule has 35 heavy (non-hydrogen) atoms. The summed E-state index contributed by atoms with van der Waals surface area (Å²) in [6, 6.07) is 10.2. The van der Waals surface area contributed by atoms with Gasteiger partial charge in [0.05, 0.1) is 26.9 Å². The van der Waals surface area contributed by atoms with Crippen LogP contribution in [0.2, 0.25) is 0 Å². The second-order valence-electron chi connectivity index (χ2n) is 9.41. The summed E-state index contributed by atoms with van der Waals surface area (Å²) in [7, 11) is 3.18. The summed E-state index contributed by atoms with van der Waals surface area (Å²) in [6.45, 7) is 8.75. The number of nitrogens with zero attached hydrogens (tertiary/aromatic N) is 3. The second kappa shape index (κ2) is 11.1. The largest absolute Gasteiger partial charge is 0.497 e. The molecule has 3 rings (SSSR count). The minimum atomic E-state index is -0.704. The zero-order valence-corrected chi connectivity index (χ0v) is 21.3. The zero-order valence-electron chi connectivity index (χ0n) is 21.3. The number of unbranched alkanes of at least 4 members (excludes halogenated alkanes) is 1. The number of carbonyl (C=O) groups is 1. The summed E-state index contributed by atoms with van der Waals surface area (Å²) >= 11 is 0. The predicted octanol–water partition coefficient (Wildman–Crippen LogP) is 5.38. The van der Waals surface area contributed by atoms with Crippen LogP contribution in [0.4, 0.5) is 11.4 Å². The van der Waals surface area contributed by atoms with Gasteiger partial charge in [-0.25, -0.2) is 5.01 Å². The Bertz CT molecular complexity index is 1120. The van der Waals surface area contributed by atoms with Crippen molar-refractivity contribution in [2.75, 3.05) is 31.2 Å². The Morgan fingerprint density at radius 2 is 1.91 bits per heavy atom. The number of nitrogens with one attached hydrogen (secondary N) is 1. The minimum absolute atomic E-state index is 0.127. The third-order valence-corrected chi connectivity index (χ3v) is 5.79. The molecule has 2 aromatic rings. The van der Waals surface area contributed by atoms with Gasteiger partial charge in [0.25, 0.3) is 5.91 Å². The highest BCUT2D eigenvalue weighted by atomic mass is 16.5. The first-order valence-corrected chi connectivity index (χ1v) is 11.6. The third-order valence-electron chi connectivity index (χ3n) is 5.79. The lowest BCUT2D eigenvalue weighted by molar-refractivity contribution is -0.117. The minimum Gasteiger partial charge on any atom is -0.497 e. The summed E-state index contributed by atoms with van der Waals surface area (Å²) in [5.74, 6) is 4.32. The smallest absolute Gasteiger partial charge is 0.253 e. The molecule has 0 saturated heterocycles. The molecule has 0 aromatic heterocycles. The molecule has 1 amide bonds. The van der Waals surface area contributed by atoms with Crippen molar-refractivity contribution in [3.8, 4) is 29.6 Å². The van der Waals surface area contributed by atoms with Crippen molar-refractivity contribution in [1.82, 2.24) is 0 Å². The van der Waals surface area contributed by atoms with E-state index in [1.165, 1.54) is 0 Å². The highest BCUT2D eigenvalue weighted by Crippen LogP contribution is 2.37. The lowest BCUT2D eigenvalue weighted by Crippen LogP contribution is -2.39. The molecule has 0 radical (unpaired) electrons. The van der Waals surface area contributed by atoms with Gasteiger partial charge in [0.1, 0.15) is 22.9 Å². The average Bonchev–Trinajstić information content (AvgIpc) is 3.22. The van der Waals surface area contributed by atoms with Gasteiger partial charge in [0, 0.05) is 24.2 Å². The quantitative estimate of drug-likeness (QED) is 0.387. The van der Waals surface area contributed by atoms with Gasteiger partial charge >= 0.3 is 0 Å². The highest BCUT2D eigenvalue weighted by molar-refractivity contribution is 5.96. The molecule has 2 unspecified atom stereocenters. The number of hydrogen-bond acceptors (Lipinski definition) is 7.